The van der Waals surface area contributed by atoms with Crippen molar-refractivity contribution in [1.29, 1.82) is 0 Å². The minimum atomic E-state index is -0.138. The average molecular weight is 230 g/mol. The molecule has 6 heteroatoms. The van der Waals surface area contributed by atoms with Crippen molar-refractivity contribution in [3.63, 3.8) is 0 Å². The van der Waals surface area contributed by atoms with Gasteiger partial charge in [-0.1, -0.05) is 0 Å². The van der Waals surface area contributed by atoms with Gasteiger partial charge in [0.1, 0.15) is 10.4 Å². The van der Waals surface area contributed by atoms with Crippen LogP contribution < -0.4 is 5.56 Å². The third kappa shape index (κ3) is 1.40. The Morgan fingerprint density at radius 2 is 2.25 bits per heavy atom. The number of rotatable bonds is 1. The summed E-state index contributed by atoms with van der Waals surface area (Å²) in [7, 11) is 0. The molecule has 0 radical (unpaired) electrons. The van der Waals surface area contributed by atoms with Gasteiger partial charge in [-0.3, -0.25) is 9.78 Å². The quantitative estimate of drug-likeness (QED) is 0.686. The van der Waals surface area contributed by atoms with E-state index >= 15 is 0 Å². The lowest BCUT2D eigenvalue weighted by Gasteiger charge is -1.98. The van der Waals surface area contributed by atoms with Gasteiger partial charge in [0, 0.05) is 12.4 Å². The molecule has 16 heavy (non-hydrogen) atoms. The van der Waals surface area contributed by atoms with E-state index in [0.717, 1.165) is 0 Å². The lowest BCUT2D eigenvalue weighted by molar-refractivity contribution is 1.12. The maximum Gasteiger partial charge on any atom is 0.269 e. The molecule has 0 fully saturated rings. The molecule has 0 aliphatic heterocycles. The van der Waals surface area contributed by atoms with Gasteiger partial charge in [0.2, 0.25) is 0 Å². The van der Waals surface area contributed by atoms with E-state index in [1.807, 2.05) is 11.4 Å². The molecule has 0 saturated heterocycles. The second-order valence-electron chi connectivity index (χ2n) is 3.14. The van der Waals surface area contributed by atoms with Crippen LogP contribution in [-0.4, -0.2) is 19.9 Å². The van der Waals surface area contributed by atoms with Crippen LogP contribution in [0.4, 0.5) is 0 Å². The number of aromatic nitrogens is 4. The Balaban J connectivity index is 2.30. The SMILES string of the molecule is O=c1[nH]c(-c2cnccn2)nc2ccsc12. The average Bonchev–Trinajstić information content (AvgIpc) is 2.79. The monoisotopic (exact) mass is 230 g/mol. The molecule has 0 unspecified atom stereocenters. The zero-order valence-electron chi connectivity index (χ0n) is 8.04. The van der Waals surface area contributed by atoms with Crippen LogP contribution in [0, 0.1) is 0 Å². The number of aromatic amines is 1. The summed E-state index contributed by atoms with van der Waals surface area (Å²) in [5.41, 5.74) is 1.11. The van der Waals surface area contributed by atoms with Gasteiger partial charge >= 0.3 is 0 Å². The van der Waals surface area contributed by atoms with Crippen LogP contribution in [0.2, 0.25) is 0 Å². The fraction of sp³-hybridized carbons (Fsp3) is 0. The van der Waals surface area contributed by atoms with Crippen LogP contribution in [0.5, 0.6) is 0 Å². The van der Waals surface area contributed by atoms with Crippen LogP contribution in [0.1, 0.15) is 0 Å². The minimum Gasteiger partial charge on any atom is -0.304 e. The van der Waals surface area contributed by atoms with Crippen LogP contribution in [0.3, 0.4) is 0 Å². The lowest BCUT2D eigenvalue weighted by Crippen LogP contribution is -2.08. The van der Waals surface area contributed by atoms with Gasteiger partial charge < -0.3 is 4.98 Å². The number of fused-ring (bicyclic) bond motifs is 1. The van der Waals surface area contributed by atoms with Gasteiger partial charge in [-0.05, 0) is 11.4 Å². The molecule has 5 nitrogen and oxygen atoms in total. The van der Waals surface area contributed by atoms with Crippen LogP contribution >= 0.6 is 11.3 Å². The molecular formula is C10H6N4OS. The first kappa shape index (κ1) is 9.17. The molecule has 0 amide bonds. The summed E-state index contributed by atoms with van der Waals surface area (Å²) in [6, 6.07) is 1.81. The first-order valence-electron chi connectivity index (χ1n) is 4.58. The van der Waals surface area contributed by atoms with E-state index in [-0.39, 0.29) is 5.56 Å². The number of hydrogen-bond acceptors (Lipinski definition) is 5. The first-order valence-corrected chi connectivity index (χ1v) is 5.46. The maximum atomic E-state index is 11.7. The van der Waals surface area contributed by atoms with E-state index in [1.54, 1.807) is 18.6 Å². The number of H-pyrrole nitrogens is 1. The highest BCUT2D eigenvalue weighted by Gasteiger charge is 2.07. The highest BCUT2D eigenvalue weighted by Crippen LogP contribution is 2.16. The highest BCUT2D eigenvalue weighted by molar-refractivity contribution is 7.17. The molecule has 3 aromatic rings. The molecule has 0 aliphatic rings. The second-order valence-corrected chi connectivity index (χ2v) is 4.06. The third-order valence-electron chi connectivity index (χ3n) is 2.12. The molecule has 3 heterocycles. The Kier molecular flexibility index (Phi) is 2.00. The number of thiophene rings is 1. The summed E-state index contributed by atoms with van der Waals surface area (Å²) in [4.78, 5) is 26.7. The number of nitrogens with one attached hydrogen (secondary N) is 1. The van der Waals surface area contributed by atoms with E-state index in [4.69, 9.17) is 0 Å². The molecular weight excluding hydrogens is 224 g/mol. The van der Waals surface area contributed by atoms with Crippen molar-refractivity contribution in [3.05, 3.63) is 40.4 Å². The van der Waals surface area contributed by atoms with Gasteiger partial charge in [-0.2, -0.15) is 0 Å². The van der Waals surface area contributed by atoms with Crippen LogP contribution in [0.15, 0.2) is 34.8 Å². The third-order valence-corrected chi connectivity index (χ3v) is 3.02. The van der Waals surface area contributed by atoms with Crippen molar-refractivity contribution in [2.24, 2.45) is 0 Å². The molecule has 1 N–H and O–H groups in total. The summed E-state index contributed by atoms with van der Waals surface area (Å²) in [6.45, 7) is 0. The molecule has 0 spiro atoms. The van der Waals surface area contributed by atoms with E-state index in [2.05, 4.69) is 19.9 Å². The Bertz CT molecular complexity index is 689. The number of hydrogen-bond donors (Lipinski definition) is 1. The Labute approximate surface area is 93.9 Å². The molecule has 0 atom stereocenters. The molecule has 3 aromatic heterocycles. The highest BCUT2D eigenvalue weighted by atomic mass is 32.1. The van der Waals surface area contributed by atoms with Gasteiger partial charge in [0.05, 0.1) is 11.7 Å². The van der Waals surface area contributed by atoms with Crippen molar-refractivity contribution >= 4 is 21.6 Å². The van der Waals surface area contributed by atoms with Gasteiger partial charge in [-0.25, -0.2) is 9.97 Å². The largest absolute Gasteiger partial charge is 0.304 e. The molecule has 0 saturated carbocycles. The fourth-order valence-corrected chi connectivity index (χ4v) is 2.14. The molecule has 78 valence electrons. The zero-order valence-corrected chi connectivity index (χ0v) is 8.86. The molecule has 0 bridgehead atoms. The predicted octanol–water partition coefficient (Wildman–Crippen LogP) is 1.44. The van der Waals surface area contributed by atoms with Crippen molar-refractivity contribution in [3.8, 4) is 11.5 Å². The normalized spacial score (nSPS) is 10.8. The van der Waals surface area contributed by atoms with E-state index in [9.17, 15) is 4.79 Å². The van der Waals surface area contributed by atoms with Crippen LogP contribution in [0.25, 0.3) is 21.7 Å². The zero-order chi connectivity index (χ0) is 11.0. The van der Waals surface area contributed by atoms with Crippen LogP contribution in [-0.2, 0) is 0 Å². The standard InChI is InChI=1S/C10H6N4OS/c15-10-8-6(1-4-16-8)13-9(14-10)7-5-11-2-3-12-7/h1-5H,(H,13,14,15). The molecule has 3 rings (SSSR count). The van der Waals surface area contributed by atoms with Crippen molar-refractivity contribution in [2.45, 2.75) is 0 Å². The van der Waals surface area contributed by atoms with Crippen molar-refractivity contribution in [1.82, 2.24) is 19.9 Å². The smallest absolute Gasteiger partial charge is 0.269 e. The first-order chi connectivity index (χ1) is 7.84. The van der Waals surface area contributed by atoms with Gasteiger partial charge in [-0.15, -0.1) is 11.3 Å². The Morgan fingerprint density at radius 3 is 3.06 bits per heavy atom. The number of nitrogens with zero attached hydrogens (tertiary/aromatic N) is 3. The minimum absolute atomic E-state index is 0.138. The van der Waals surface area contributed by atoms with Gasteiger partial charge in [0.15, 0.2) is 5.82 Å². The summed E-state index contributed by atoms with van der Waals surface area (Å²) in [5, 5.41) is 1.84. The van der Waals surface area contributed by atoms with E-state index in [1.165, 1.54) is 11.3 Å². The summed E-state index contributed by atoms with van der Waals surface area (Å²) in [6.07, 6.45) is 4.70. The summed E-state index contributed by atoms with van der Waals surface area (Å²) < 4.78 is 0.632. The Morgan fingerprint density at radius 1 is 1.31 bits per heavy atom. The predicted molar refractivity (Wildman–Crippen MR) is 61.3 cm³/mol. The molecule has 0 aromatic carbocycles. The summed E-state index contributed by atoms with van der Waals surface area (Å²) in [5.74, 6) is 0.448. The maximum absolute atomic E-state index is 11.7. The van der Waals surface area contributed by atoms with Gasteiger partial charge in [0.25, 0.3) is 5.56 Å². The molecule has 0 aliphatic carbocycles. The second kappa shape index (κ2) is 3.49. The topological polar surface area (TPSA) is 71.5 Å². The van der Waals surface area contributed by atoms with Crippen molar-refractivity contribution < 1.29 is 0 Å². The fourth-order valence-electron chi connectivity index (χ4n) is 1.42. The lowest BCUT2D eigenvalue weighted by atomic mass is 10.4. The Hall–Kier alpha value is -2.08. The van der Waals surface area contributed by atoms with E-state index in [0.29, 0.717) is 21.7 Å². The van der Waals surface area contributed by atoms with Crippen molar-refractivity contribution in [2.75, 3.05) is 0 Å². The summed E-state index contributed by atoms with van der Waals surface area (Å²) >= 11 is 1.38. The van der Waals surface area contributed by atoms with E-state index < -0.39 is 0 Å².